The first-order chi connectivity index (χ1) is 7.79. The number of aromatic hydroxyl groups is 1. The lowest BCUT2D eigenvalue weighted by Gasteiger charge is -1.94. The summed E-state index contributed by atoms with van der Waals surface area (Å²) >= 11 is 0. The molecule has 0 aliphatic carbocycles. The van der Waals surface area contributed by atoms with Crippen molar-refractivity contribution in [2.45, 2.75) is 0 Å². The normalized spacial score (nSPS) is 11.1. The first-order valence-corrected chi connectivity index (χ1v) is 4.44. The van der Waals surface area contributed by atoms with Crippen molar-refractivity contribution in [1.82, 2.24) is 20.6 Å². The SMILES string of the molecule is N#C/C(=C\c1ccc(O)cc1)c1nn[nH]n1. The van der Waals surface area contributed by atoms with Crippen LogP contribution in [0.25, 0.3) is 11.6 Å². The molecule has 1 heterocycles. The van der Waals surface area contributed by atoms with Crippen LogP contribution in [-0.2, 0) is 0 Å². The van der Waals surface area contributed by atoms with E-state index in [-0.39, 0.29) is 11.6 Å². The fraction of sp³-hybridized carbons (Fsp3) is 0. The Labute approximate surface area is 90.9 Å². The van der Waals surface area contributed by atoms with Crippen LogP contribution in [0, 0.1) is 11.3 Å². The molecule has 16 heavy (non-hydrogen) atoms. The summed E-state index contributed by atoms with van der Waals surface area (Å²) in [5.41, 5.74) is 1.08. The van der Waals surface area contributed by atoms with Crippen LogP contribution in [0.4, 0.5) is 0 Å². The summed E-state index contributed by atoms with van der Waals surface area (Å²) in [7, 11) is 0. The Morgan fingerprint density at radius 3 is 2.69 bits per heavy atom. The van der Waals surface area contributed by atoms with Gasteiger partial charge in [-0.05, 0) is 29.0 Å². The van der Waals surface area contributed by atoms with E-state index in [1.54, 1.807) is 18.2 Å². The Hall–Kier alpha value is -2.68. The van der Waals surface area contributed by atoms with Gasteiger partial charge < -0.3 is 5.11 Å². The number of hydrogen-bond donors (Lipinski definition) is 2. The quantitative estimate of drug-likeness (QED) is 0.724. The van der Waals surface area contributed by atoms with Crippen molar-refractivity contribution in [1.29, 1.82) is 5.26 Å². The summed E-state index contributed by atoms with van der Waals surface area (Å²) in [5, 5.41) is 31.1. The third kappa shape index (κ3) is 2.04. The van der Waals surface area contributed by atoms with Crippen LogP contribution in [0.1, 0.15) is 11.4 Å². The van der Waals surface area contributed by atoms with Gasteiger partial charge in [-0.2, -0.15) is 10.5 Å². The van der Waals surface area contributed by atoms with Gasteiger partial charge in [-0.3, -0.25) is 0 Å². The molecule has 0 spiro atoms. The van der Waals surface area contributed by atoms with Crippen molar-refractivity contribution >= 4 is 11.6 Å². The Bertz CT molecular complexity index is 536. The lowest BCUT2D eigenvalue weighted by atomic mass is 10.1. The number of aromatic nitrogens is 4. The molecule has 0 radical (unpaired) electrons. The summed E-state index contributed by atoms with van der Waals surface area (Å²) in [5.74, 6) is 0.422. The molecule has 1 aromatic heterocycles. The van der Waals surface area contributed by atoms with Gasteiger partial charge in [-0.1, -0.05) is 12.1 Å². The van der Waals surface area contributed by atoms with E-state index in [2.05, 4.69) is 20.6 Å². The Balaban J connectivity index is 2.36. The predicted octanol–water partition coefficient (Wildman–Crippen LogP) is 0.969. The van der Waals surface area contributed by atoms with Crippen molar-refractivity contribution in [2.24, 2.45) is 0 Å². The van der Waals surface area contributed by atoms with Crippen molar-refractivity contribution < 1.29 is 5.11 Å². The monoisotopic (exact) mass is 213 g/mol. The van der Waals surface area contributed by atoms with Gasteiger partial charge in [-0.25, -0.2) is 0 Å². The third-order valence-electron chi connectivity index (χ3n) is 1.91. The molecule has 0 unspecified atom stereocenters. The van der Waals surface area contributed by atoms with Crippen LogP contribution >= 0.6 is 0 Å². The maximum Gasteiger partial charge on any atom is 0.215 e. The number of rotatable bonds is 2. The van der Waals surface area contributed by atoms with Gasteiger partial charge in [-0.15, -0.1) is 10.2 Å². The van der Waals surface area contributed by atoms with E-state index in [1.165, 1.54) is 12.1 Å². The lowest BCUT2D eigenvalue weighted by molar-refractivity contribution is 0.475. The van der Waals surface area contributed by atoms with Crippen LogP contribution in [0.15, 0.2) is 24.3 Å². The lowest BCUT2D eigenvalue weighted by Crippen LogP contribution is -1.85. The fourth-order valence-corrected chi connectivity index (χ4v) is 1.16. The number of nitrogens with one attached hydrogen (secondary N) is 1. The second-order valence-corrected chi connectivity index (χ2v) is 3.00. The molecule has 78 valence electrons. The molecule has 2 rings (SSSR count). The number of nitriles is 1. The molecule has 0 bridgehead atoms. The van der Waals surface area contributed by atoms with Gasteiger partial charge in [0.1, 0.15) is 17.4 Å². The van der Waals surface area contributed by atoms with Gasteiger partial charge in [0.25, 0.3) is 0 Å². The molecule has 0 saturated heterocycles. The standard InChI is InChI=1S/C10H7N5O/c11-6-8(10-12-14-15-13-10)5-7-1-3-9(16)4-2-7/h1-5,16H,(H,12,13,14,15)/b8-5+. The number of H-pyrrole nitrogens is 1. The van der Waals surface area contributed by atoms with E-state index >= 15 is 0 Å². The molecule has 0 aliphatic heterocycles. The minimum Gasteiger partial charge on any atom is -0.508 e. The van der Waals surface area contributed by atoms with Crippen LogP contribution in [0.2, 0.25) is 0 Å². The van der Waals surface area contributed by atoms with Gasteiger partial charge in [0.2, 0.25) is 5.82 Å². The molecule has 2 N–H and O–H groups in total. The molecule has 0 fully saturated rings. The van der Waals surface area contributed by atoms with E-state index < -0.39 is 0 Å². The average molecular weight is 213 g/mol. The fourth-order valence-electron chi connectivity index (χ4n) is 1.16. The Kier molecular flexibility index (Phi) is 2.61. The zero-order valence-corrected chi connectivity index (χ0v) is 8.12. The van der Waals surface area contributed by atoms with Crippen LogP contribution in [0.3, 0.4) is 0 Å². The number of phenolic OH excluding ortho intramolecular Hbond substituents is 1. The molecule has 6 heteroatoms. The van der Waals surface area contributed by atoms with Crippen molar-refractivity contribution in [3.63, 3.8) is 0 Å². The van der Waals surface area contributed by atoms with Crippen molar-refractivity contribution in [2.75, 3.05) is 0 Å². The summed E-state index contributed by atoms with van der Waals surface area (Å²) < 4.78 is 0. The second-order valence-electron chi connectivity index (χ2n) is 3.00. The molecule has 2 aromatic rings. The molecule has 6 nitrogen and oxygen atoms in total. The molecule has 0 aliphatic rings. The molecule has 0 atom stereocenters. The third-order valence-corrected chi connectivity index (χ3v) is 1.91. The number of tetrazole rings is 1. The molecule has 0 saturated carbocycles. The van der Waals surface area contributed by atoms with E-state index in [9.17, 15) is 0 Å². The van der Waals surface area contributed by atoms with E-state index in [4.69, 9.17) is 10.4 Å². The summed E-state index contributed by atoms with van der Waals surface area (Å²) in [6.07, 6.45) is 1.62. The number of allylic oxidation sites excluding steroid dienone is 1. The Morgan fingerprint density at radius 1 is 1.38 bits per heavy atom. The summed E-state index contributed by atoms with van der Waals surface area (Å²) in [6.45, 7) is 0. The Morgan fingerprint density at radius 2 is 2.12 bits per heavy atom. The highest BCUT2D eigenvalue weighted by atomic mass is 16.3. The van der Waals surface area contributed by atoms with Crippen LogP contribution in [0.5, 0.6) is 5.75 Å². The zero-order valence-electron chi connectivity index (χ0n) is 8.12. The van der Waals surface area contributed by atoms with E-state index in [0.29, 0.717) is 5.57 Å². The zero-order chi connectivity index (χ0) is 11.4. The van der Waals surface area contributed by atoms with Crippen molar-refractivity contribution in [3.8, 4) is 11.8 Å². The van der Waals surface area contributed by atoms with Gasteiger partial charge in [0, 0.05) is 0 Å². The van der Waals surface area contributed by atoms with E-state index in [1.807, 2.05) is 6.07 Å². The van der Waals surface area contributed by atoms with Crippen molar-refractivity contribution in [3.05, 3.63) is 35.7 Å². The smallest absolute Gasteiger partial charge is 0.215 e. The first-order valence-electron chi connectivity index (χ1n) is 4.44. The minimum atomic E-state index is 0.176. The number of aromatic amines is 1. The average Bonchev–Trinajstić information content (AvgIpc) is 2.82. The second kappa shape index (κ2) is 4.23. The highest BCUT2D eigenvalue weighted by molar-refractivity contribution is 5.86. The molecule has 0 amide bonds. The van der Waals surface area contributed by atoms with Gasteiger partial charge in [0.15, 0.2) is 0 Å². The maximum atomic E-state index is 9.11. The first kappa shape index (κ1) is 9.86. The van der Waals surface area contributed by atoms with Gasteiger partial charge >= 0.3 is 0 Å². The summed E-state index contributed by atoms with van der Waals surface area (Å²) in [4.78, 5) is 0. The number of hydrogen-bond acceptors (Lipinski definition) is 5. The topological polar surface area (TPSA) is 98.5 Å². The summed E-state index contributed by atoms with van der Waals surface area (Å²) in [6, 6.07) is 8.43. The predicted molar refractivity (Wildman–Crippen MR) is 55.8 cm³/mol. The van der Waals surface area contributed by atoms with Gasteiger partial charge in [0.05, 0.1) is 0 Å². The number of phenols is 1. The largest absolute Gasteiger partial charge is 0.508 e. The highest BCUT2D eigenvalue weighted by Crippen LogP contribution is 2.15. The maximum absolute atomic E-state index is 9.11. The molecular weight excluding hydrogens is 206 g/mol. The number of benzene rings is 1. The highest BCUT2D eigenvalue weighted by Gasteiger charge is 2.05. The minimum absolute atomic E-state index is 0.176. The molecule has 1 aromatic carbocycles. The molecular formula is C10H7N5O. The van der Waals surface area contributed by atoms with Crippen LogP contribution < -0.4 is 0 Å². The number of nitrogens with zero attached hydrogens (tertiary/aromatic N) is 4. The van der Waals surface area contributed by atoms with E-state index in [0.717, 1.165) is 5.56 Å². The van der Waals surface area contributed by atoms with Crippen LogP contribution in [-0.4, -0.2) is 25.7 Å².